The molecular weight excluding hydrogens is 219 g/mol. The van der Waals surface area contributed by atoms with E-state index >= 15 is 0 Å². The average molecular weight is 226 g/mol. The third kappa shape index (κ3) is 2.44. The van der Waals surface area contributed by atoms with Crippen molar-refractivity contribution in [2.45, 2.75) is 19.2 Å². The van der Waals surface area contributed by atoms with Crippen LogP contribution in [0.2, 0.25) is 0 Å². The van der Waals surface area contributed by atoms with Gasteiger partial charge in [0.05, 0.1) is 17.2 Å². The van der Waals surface area contributed by atoms with E-state index < -0.39 is 35.0 Å². The fourth-order valence-electron chi connectivity index (χ4n) is 1.15. The van der Waals surface area contributed by atoms with E-state index in [4.69, 9.17) is 5.11 Å². The highest BCUT2D eigenvalue weighted by atomic mass is 19.4. The molecule has 0 radical (unpaired) electrons. The molecule has 1 aromatic rings. The van der Waals surface area contributed by atoms with Crippen LogP contribution in [0.3, 0.4) is 0 Å². The topological polar surface area (TPSA) is 20.2 Å². The lowest BCUT2D eigenvalue weighted by Crippen LogP contribution is -2.09. The van der Waals surface area contributed by atoms with Gasteiger partial charge in [-0.25, -0.2) is 8.78 Å². The zero-order chi connectivity index (χ0) is 11.8. The van der Waals surface area contributed by atoms with Crippen LogP contribution in [0.5, 0.6) is 0 Å². The maximum absolute atomic E-state index is 13.0. The van der Waals surface area contributed by atoms with E-state index in [0.29, 0.717) is 0 Å². The second-order valence-electron chi connectivity index (χ2n) is 3.03. The lowest BCUT2D eigenvalue weighted by Gasteiger charge is -2.11. The van der Waals surface area contributed by atoms with Crippen LogP contribution in [-0.4, -0.2) is 5.11 Å². The van der Waals surface area contributed by atoms with Gasteiger partial charge in [0.25, 0.3) is 0 Å². The Morgan fingerprint density at radius 3 is 1.80 bits per heavy atom. The summed E-state index contributed by atoms with van der Waals surface area (Å²) in [5.41, 5.74) is -2.18. The number of benzene rings is 1. The number of aliphatic hydroxyl groups excluding tert-OH is 1. The average Bonchev–Trinajstić information content (AvgIpc) is 1.99. The normalized spacial score (nSPS) is 14.1. The Morgan fingerprint density at radius 2 is 1.53 bits per heavy atom. The van der Waals surface area contributed by atoms with Crippen LogP contribution in [0.1, 0.15) is 24.2 Å². The molecule has 0 saturated heterocycles. The maximum Gasteiger partial charge on any atom is 0.416 e. The summed E-state index contributed by atoms with van der Waals surface area (Å²) in [5.74, 6) is -2.81. The Morgan fingerprint density at radius 1 is 1.13 bits per heavy atom. The summed E-state index contributed by atoms with van der Waals surface area (Å²) in [7, 11) is 0. The van der Waals surface area contributed by atoms with Gasteiger partial charge in [-0.1, -0.05) is 0 Å². The lowest BCUT2D eigenvalue weighted by atomic mass is 10.1. The highest BCUT2D eigenvalue weighted by Crippen LogP contribution is 2.32. The number of hydrogen-bond acceptors (Lipinski definition) is 1. The van der Waals surface area contributed by atoms with Gasteiger partial charge >= 0.3 is 6.18 Å². The molecule has 1 N–H and O–H groups in total. The van der Waals surface area contributed by atoms with E-state index in [1.165, 1.54) is 0 Å². The van der Waals surface area contributed by atoms with Gasteiger partial charge in [0.1, 0.15) is 11.6 Å². The van der Waals surface area contributed by atoms with Gasteiger partial charge in [-0.3, -0.25) is 0 Å². The van der Waals surface area contributed by atoms with Crippen molar-refractivity contribution >= 4 is 0 Å². The molecule has 0 aliphatic carbocycles. The van der Waals surface area contributed by atoms with E-state index in [9.17, 15) is 22.0 Å². The van der Waals surface area contributed by atoms with Crippen LogP contribution in [-0.2, 0) is 6.18 Å². The van der Waals surface area contributed by atoms with Crippen molar-refractivity contribution in [2.24, 2.45) is 0 Å². The molecular formula is C9H7F5O. The molecule has 84 valence electrons. The predicted octanol–water partition coefficient (Wildman–Crippen LogP) is 3.04. The van der Waals surface area contributed by atoms with Gasteiger partial charge in [0.15, 0.2) is 0 Å². The Hall–Kier alpha value is -1.17. The molecule has 0 spiro atoms. The van der Waals surface area contributed by atoms with Crippen molar-refractivity contribution < 1.29 is 27.1 Å². The number of aliphatic hydroxyl groups is 1. The van der Waals surface area contributed by atoms with Crippen LogP contribution in [0.25, 0.3) is 0 Å². The largest absolute Gasteiger partial charge is 0.416 e. The second kappa shape index (κ2) is 3.77. The Balaban J connectivity index is 3.32. The molecule has 6 heteroatoms. The lowest BCUT2D eigenvalue weighted by molar-refractivity contribution is -0.138. The zero-order valence-corrected chi connectivity index (χ0v) is 7.57. The van der Waals surface area contributed by atoms with Crippen molar-refractivity contribution in [2.75, 3.05) is 0 Å². The minimum Gasteiger partial charge on any atom is -0.388 e. The highest BCUT2D eigenvalue weighted by Gasteiger charge is 2.33. The first-order chi connectivity index (χ1) is 6.73. The van der Waals surface area contributed by atoms with E-state index in [0.717, 1.165) is 6.92 Å². The third-order valence-electron chi connectivity index (χ3n) is 1.82. The maximum atomic E-state index is 13.0. The molecule has 0 aromatic heterocycles. The van der Waals surface area contributed by atoms with Crippen molar-refractivity contribution in [3.63, 3.8) is 0 Å². The molecule has 1 unspecified atom stereocenters. The van der Waals surface area contributed by atoms with Crippen molar-refractivity contribution in [1.82, 2.24) is 0 Å². The SMILES string of the molecule is CC(O)c1c(F)cc(C(F)(F)F)cc1F. The molecule has 0 bridgehead atoms. The van der Waals surface area contributed by atoms with Crippen molar-refractivity contribution in [3.8, 4) is 0 Å². The van der Waals surface area contributed by atoms with Gasteiger partial charge in [-0.05, 0) is 19.1 Å². The summed E-state index contributed by atoms with van der Waals surface area (Å²) < 4.78 is 62.2. The highest BCUT2D eigenvalue weighted by molar-refractivity contribution is 5.29. The fraction of sp³-hybridized carbons (Fsp3) is 0.333. The first-order valence-corrected chi connectivity index (χ1v) is 3.97. The summed E-state index contributed by atoms with van der Waals surface area (Å²) in [6, 6.07) is 0.316. The van der Waals surface area contributed by atoms with Crippen LogP contribution >= 0.6 is 0 Å². The molecule has 1 nitrogen and oxygen atoms in total. The molecule has 15 heavy (non-hydrogen) atoms. The van der Waals surface area contributed by atoms with E-state index in [1.54, 1.807) is 0 Å². The van der Waals surface area contributed by atoms with Crippen LogP contribution in [0.15, 0.2) is 12.1 Å². The van der Waals surface area contributed by atoms with Gasteiger partial charge in [0.2, 0.25) is 0 Å². The number of alkyl halides is 3. The molecule has 0 aliphatic heterocycles. The van der Waals surface area contributed by atoms with Crippen LogP contribution in [0, 0.1) is 11.6 Å². The van der Waals surface area contributed by atoms with Gasteiger partial charge < -0.3 is 5.11 Å². The molecule has 0 fully saturated rings. The Kier molecular flexibility index (Phi) is 2.99. The van der Waals surface area contributed by atoms with E-state index in [-0.39, 0.29) is 12.1 Å². The molecule has 1 aromatic carbocycles. The minimum absolute atomic E-state index is 0.158. The summed E-state index contributed by atoms with van der Waals surface area (Å²) in [6.45, 7) is 1.06. The molecule has 0 aliphatic rings. The summed E-state index contributed by atoms with van der Waals surface area (Å²) in [4.78, 5) is 0. The smallest absolute Gasteiger partial charge is 0.388 e. The first-order valence-electron chi connectivity index (χ1n) is 3.97. The van der Waals surface area contributed by atoms with Gasteiger partial charge in [-0.2, -0.15) is 13.2 Å². The van der Waals surface area contributed by atoms with Crippen LogP contribution in [0.4, 0.5) is 22.0 Å². The molecule has 1 atom stereocenters. The van der Waals surface area contributed by atoms with E-state index in [2.05, 4.69) is 0 Å². The summed E-state index contributed by atoms with van der Waals surface area (Å²) in [5, 5.41) is 8.92. The quantitative estimate of drug-likeness (QED) is 0.729. The molecule has 0 amide bonds. The van der Waals surface area contributed by atoms with Crippen LogP contribution < -0.4 is 0 Å². The minimum atomic E-state index is -4.81. The predicted molar refractivity (Wildman–Crippen MR) is 42.0 cm³/mol. The standard InChI is InChI=1S/C9H7F5O/c1-4(15)8-6(10)2-5(3-7(8)11)9(12,13)14/h2-4,15H,1H3. The molecule has 0 saturated carbocycles. The van der Waals surface area contributed by atoms with E-state index in [1.807, 2.05) is 0 Å². The zero-order valence-electron chi connectivity index (χ0n) is 7.57. The summed E-state index contributed by atoms with van der Waals surface area (Å²) in [6.07, 6.45) is -6.30. The second-order valence-corrected chi connectivity index (χ2v) is 3.03. The number of hydrogen-bond donors (Lipinski definition) is 1. The van der Waals surface area contributed by atoms with Gasteiger partial charge in [0, 0.05) is 0 Å². The first kappa shape index (κ1) is 11.9. The molecule has 1 rings (SSSR count). The van der Waals surface area contributed by atoms with Crippen molar-refractivity contribution in [1.29, 1.82) is 0 Å². The Labute approximate surface area is 82.1 Å². The number of rotatable bonds is 1. The molecule has 0 heterocycles. The Bertz CT molecular complexity index is 346. The number of halogens is 5. The fourth-order valence-corrected chi connectivity index (χ4v) is 1.15. The van der Waals surface area contributed by atoms with Gasteiger partial charge in [-0.15, -0.1) is 0 Å². The monoisotopic (exact) mass is 226 g/mol. The summed E-state index contributed by atoms with van der Waals surface area (Å²) >= 11 is 0. The third-order valence-corrected chi connectivity index (χ3v) is 1.82. The van der Waals surface area contributed by atoms with Crippen molar-refractivity contribution in [3.05, 3.63) is 34.9 Å².